The van der Waals surface area contributed by atoms with E-state index in [1.54, 1.807) is 0 Å². The highest BCUT2D eigenvalue weighted by atomic mass is 15.0. The van der Waals surface area contributed by atoms with Crippen molar-refractivity contribution in [1.82, 2.24) is 9.88 Å². The first kappa shape index (κ1) is 13.7. The molecule has 1 fully saturated rings. The van der Waals surface area contributed by atoms with Crippen molar-refractivity contribution in [3.05, 3.63) is 35.5 Å². The Balaban J connectivity index is 2.09. The molecule has 1 saturated heterocycles. The van der Waals surface area contributed by atoms with Gasteiger partial charge in [0, 0.05) is 42.1 Å². The number of piperidine rings is 1. The summed E-state index contributed by atoms with van der Waals surface area (Å²) in [6, 6.07) is 9.21. The Morgan fingerprint density at radius 3 is 2.85 bits per heavy atom. The molecule has 0 radical (unpaired) electrons. The molecule has 0 amide bonds. The van der Waals surface area contributed by atoms with Gasteiger partial charge >= 0.3 is 0 Å². The smallest absolute Gasteiger partial charge is 0.0482 e. The zero-order chi connectivity index (χ0) is 14.1. The number of hydrogen-bond donors (Lipinski definition) is 2. The van der Waals surface area contributed by atoms with Crippen LogP contribution in [0.1, 0.15) is 36.4 Å². The largest absolute Gasteiger partial charge is 0.348 e. The number of rotatable bonds is 3. The molecule has 3 rings (SSSR count). The van der Waals surface area contributed by atoms with E-state index in [1.807, 2.05) is 0 Å². The second-order valence-electron chi connectivity index (χ2n) is 5.97. The van der Waals surface area contributed by atoms with Gasteiger partial charge in [-0.05, 0) is 37.9 Å². The summed E-state index contributed by atoms with van der Waals surface area (Å²) in [6.07, 6.45) is 3.85. The summed E-state index contributed by atoms with van der Waals surface area (Å²) in [4.78, 5) is 0. The minimum absolute atomic E-state index is 0.418. The average Bonchev–Trinajstić information content (AvgIpc) is 2.75. The Morgan fingerprint density at radius 2 is 2.15 bits per heavy atom. The number of nitrogens with zero attached hydrogens (tertiary/aromatic N) is 1. The van der Waals surface area contributed by atoms with Gasteiger partial charge in [-0.15, -0.1) is 0 Å². The number of nitrogens with one attached hydrogen (secondary N) is 1. The Bertz CT molecular complexity index is 594. The van der Waals surface area contributed by atoms with Crippen LogP contribution in [0, 0.1) is 6.92 Å². The van der Waals surface area contributed by atoms with Gasteiger partial charge in [-0.2, -0.15) is 0 Å². The first-order valence-electron chi connectivity index (χ1n) is 7.71. The third kappa shape index (κ3) is 2.15. The first-order chi connectivity index (χ1) is 9.74. The number of nitrogens with two attached hydrogens (primary N) is 1. The van der Waals surface area contributed by atoms with E-state index in [4.69, 9.17) is 5.73 Å². The Hall–Kier alpha value is -1.32. The van der Waals surface area contributed by atoms with E-state index < -0.39 is 0 Å². The summed E-state index contributed by atoms with van der Waals surface area (Å²) < 4.78 is 2.30. The maximum atomic E-state index is 6.16. The molecule has 108 valence electrons. The van der Waals surface area contributed by atoms with Crippen LogP contribution in [0.2, 0.25) is 0 Å². The van der Waals surface area contributed by atoms with Crippen molar-refractivity contribution in [2.75, 3.05) is 13.1 Å². The van der Waals surface area contributed by atoms with Gasteiger partial charge < -0.3 is 15.6 Å². The third-order valence-corrected chi connectivity index (χ3v) is 4.91. The van der Waals surface area contributed by atoms with E-state index in [0.717, 1.165) is 6.54 Å². The normalized spacial score (nSPS) is 21.2. The van der Waals surface area contributed by atoms with E-state index in [0.29, 0.717) is 18.5 Å². The molecule has 1 aromatic carbocycles. The van der Waals surface area contributed by atoms with Gasteiger partial charge in [0.25, 0.3) is 0 Å². The van der Waals surface area contributed by atoms with Gasteiger partial charge in [0.05, 0.1) is 0 Å². The molecular weight excluding hydrogens is 246 g/mol. The third-order valence-electron chi connectivity index (χ3n) is 4.91. The molecule has 1 aromatic heterocycles. The molecule has 1 aliphatic heterocycles. The highest BCUT2D eigenvalue weighted by Gasteiger charge is 2.28. The van der Waals surface area contributed by atoms with Gasteiger partial charge in [-0.25, -0.2) is 0 Å². The summed E-state index contributed by atoms with van der Waals surface area (Å²) in [5.41, 5.74) is 10.3. The van der Waals surface area contributed by atoms with Crippen LogP contribution in [0.15, 0.2) is 24.3 Å². The number of benzene rings is 1. The molecule has 2 unspecified atom stereocenters. The van der Waals surface area contributed by atoms with Crippen LogP contribution in [0.3, 0.4) is 0 Å². The molecule has 3 heteroatoms. The Labute approximate surface area is 121 Å². The fourth-order valence-electron chi connectivity index (χ4n) is 3.72. The van der Waals surface area contributed by atoms with Gasteiger partial charge in [0.15, 0.2) is 0 Å². The molecule has 0 aliphatic carbocycles. The van der Waals surface area contributed by atoms with Crippen LogP contribution in [0.4, 0.5) is 0 Å². The monoisotopic (exact) mass is 271 g/mol. The van der Waals surface area contributed by atoms with Crippen molar-refractivity contribution in [3.8, 4) is 0 Å². The molecule has 2 aromatic rings. The summed E-state index contributed by atoms with van der Waals surface area (Å²) in [5.74, 6) is 0.418. The lowest BCUT2D eigenvalue weighted by molar-refractivity contribution is 0.352. The van der Waals surface area contributed by atoms with Crippen molar-refractivity contribution in [2.24, 2.45) is 12.8 Å². The fourth-order valence-corrected chi connectivity index (χ4v) is 3.72. The highest BCUT2D eigenvalue weighted by molar-refractivity contribution is 5.86. The molecule has 20 heavy (non-hydrogen) atoms. The predicted molar refractivity (Wildman–Crippen MR) is 85.1 cm³/mol. The summed E-state index contributed by atoms with van der Waals surface area (Å²) >= 11 is 0. The second kappa shape index (κ2) is 5.58. The zero-order valence-electron chi connectivity index (χ0n) is 12.5. The van der Waals surface area contributed by atoms with E-state index in [2.05, 4.69) is 48.1 Å². The quantitative estimate of drug-likeness (QED) is 0.901. The van der Waals surface area contributed by atoms with Gasteiger partial charge in [-0.3, -0.25) is 0 Å². The molecular formula is C17H25N3. The number of aryl methyl sites for hydroxylation is 1. The van der Waals surface area contributed by atoms with Gasteiger partial charge in [-0.1, -0.05) is 24.6 Å². The van der Waals surface area contributed by atoms with E-state index in [9.17, 15) is 0 Å². The average molecular weight is 271 g/mol. The summed E-state index contributed by atoms with van der Waals surface area (Å²) in [6.45, 7) is 4.07. The van der Waals surface area contributed by atoms with Crippen molar-refractivity contribution in [2.45, 2.75) is 38.1 Å². The van der Waals surface area contributed by atoms with E-state index >= 15 is 0 Å². The molecule has 3 nitrogen and oxygen atoms in total. The summed E-state index contributed by atoms with van der Waals surface area (Å²) in [7, 11) is 2.16. The minimum atomic E-state index is 0.418. The standard InChI is InChI=1S/C17H25N3/c1-12-17(13-7-3-4-9-16(13)20(12)2)14(11-18)15-8-5-6-10-19-15/h3-4,7,9,14-15,19H,5-6,8,10-11,18H2,1-2H3. The SMILES string of the molecule is Cc1c(C(CN)C2CCCCN2)c2ccccc2n1C. The van der Waals surface area contributed by atoms with Crippen LogP contribution in [-0.4, -0.2) is 23.7 Å². The lowest BCUT2D eigenvalue weighted by Crippen LogP contribution is -2.41. The molecule has 0 saturated carbocycles. The minimum Gasteiger partial charge on any atom is -0.348 e. The van der Waals surface area contributed by atoms with Crippen LogP contribution >= 0.6 is 0 Å². The lowest BCUT2D eigenvalue weighted by Gasteiger charge is -2.31. The number of hydrogen-bond acceptors (Lipinski definition) is 2. The topological polar surface area (TPSA) is 43.0 Å². The molecule has 1 aliphatic rings. The first-order valence-corrected chi connectivity index (χ1v) is 7.71. The van der Waals surface area contributed by atoms with Crippen molar-refractivity contribution in [1.29, 1.82) is 0 Å². The predicted octanol–water partition coefficient (Wildman–Crippen LogP) is 2.67. The van der Waals surface area contributed by atoms with Crippen LogP contribution < -0.4 is 11.1 Å². The van der Waals surface area contributed by atoms with Crippen LogP contribution in [0.25, 0.3) is 10.9 Å². The molecule has 3 N–H and O–H groups in total. The number of para-hydroxylation sites is 1. The van der Waals surface area contributed by atoms with Crippen molar-refractivity contribution < 1.29 is 0 Å². The zero-order valence-corrected chi connectivity index (χ0v) is 12.5. The number of aromatic nitrogens is 1. The van der Waals surface area contributed by atoms with Gasteiger partial charge in [0.2, 0.25) is 0 Å². The number of fused-ring (bicyclic) bond motifs is 1. The molecule has 2 heterocycles. The Kier molecular flexibility index (Phi) is 3.81. The van der Waals surface area contributed by atoms with Gasteiger partial charge in [0.1, 0.15) is 0 Å². The maximum Gasteiger partial charge on any atom is 0.0482 e. The second-order valence-corrected chi connectivity index (χ2v) is 5.97. The molecule has 0 bridgehead atoms. The van der Waals surface area contributed by atoms with Crippen LogP contribution in [-0.2, 0) is 7.05 Å². The van der Waals surface area contributed by atoms with E-state index in [1.165, 1.54) is 41.4 Å². The summed E-state index contributed by atoms with van der Waals surface area (Å²) in [5, 5.41) is 5.05. The Morgan fingerprint density at radius 1 is 1.35 bits per heavy atom. The highest BCUT2D eigenvalue weighted by Crippen LogP contribution is 2.34. The fraction of sp³-hybridized carbons (Fsp3) is 0.529. The van der Waals surface area contributed by atoms with E-state index in [-0.39, 0.29) is 0 Å². The lowest BCUT2D eigenvalue weighted by atomic mass is 9.85. The van der Waals surface area contributed by atoms with Crippen LogP contribution in [0.5, 0.6) is 0 Å². The maximum absolute atomic E-state index is 6.16. The molecule has 0 spiro atoms. The van der Waals surface area contributed by atoms with Crippen molar-refractivity contribution >= 4 is 10.9 Å². The van der Waals surface area contributed by atoms with Crippen molar-refractivity contribution in [3.63, 3.8) is 0 Å². The molecule has 2 atom stereocenters.